The molecule has 1 unspecified atom stereocenters. The van der Waals surface area contributed by atoms with Gasteiger partial charge in [0, 0.05) is 17.9 Å². The Hall–Kier alpha value is -0.918. The van der Waals surface area contributed by atoms with Gasteiger partial charge < -0.3 is 9.47 Å². The molecule has 0 amide bonds. The van der Waals surface area contributed by atoms with E-state index in [1.807, 2.05) is 6.92 Å². The zero-order chi connectivity index (χ0) is 22.0. The first-order chi connectivity index (χ1) is 14.7. The summed E-state index contributed by atoms with van der Waals surface area (Å²) in [7, 11) is 0. The van der Waals surface area contributed by atoms with Crippen molar-refractivity contribution in [2.45, 2.75) is 81.8 Å². The summed E-state index contributed by atoms with van der Waals surface area (Å²) < 4.78 is 27.5. The molecule has 0 radical (unpaired) electrons. The van der Waals surface area contributed by atoms with Gasteiger partial charge in [-0.3, -0.25) is 0 Å². The fourth-order valence-electron chi connectivity index (χ4n) is 6.37. The van der Waals surface area contributed by atoms with Crippen LogP contribution in [0.3, 0.4) is 0 Å². The van der Waals surface area contributed by atoms with Crippen molar-refractivity contribution in [2.75, 3.05) is 0 Å². The molecule has 5 aliphatic rings. The molecule has 1 aromatic carbocycles. The van der Waals surface area contributed by atoms with Crippen molar-refractivity contribution >= 4 is 14.1 Å². The van der Waals surface area contributed by atoms with Gasteiger partial charge in [-0.25, -0.2) is 18.9 Å². The molecule has 0 aromatic heterocycles. The largest absolute Gasteiger partial charge is 0.370 e. The lowest BCUT2D eigenvalue weighted by molar-refractivity contribution is -0.571. The van der Waals surface area contributed by atoms with E-state index in [4.69, 9.17) is 19.2 Å². The van der Waals surface area contributed by atoms with Gasteiger partial charge in [-0.1, -0.05) is 31.3 Å². The van der Waals surface area contributed by atoms with Crippen LogP contribution >= 0.6 is 0 Å². The highest BCUT2D eigenvalue weighted by molar-refractivity contribution is 6.64. The highest BCUT2D eigenvalue weighted by Crippen LogP contribution is 2.62. The predicted molar refractivity (Wildman–Crippen MR) is 117 cm³/mol. The summed E-state index contributed by atoms with van der Waals surface area (Å²) >= 11 is -1.06. The molecule has 4 heterocycles. The van der Waals surface area contributed by atoms with E-state index in [9.17, 15) is 4.39 Å². The van der Waals surface area contributed by atoms with Gasteiger partial charge >= 0.3 is 14.1 Å². The molecule has 5 fully saturated rings. The molecule has 1 spiro atoms. The van der Waals surface area contributed by atoms with Crippen molar-refractivity contribution in [3.8, 4) is 10.7 Å². The minimum atomic E-state index is -1.06. The van der Waals surface area contributed by atoms with Gasteiger partial charge in [0.05, 0.1) is 6.10 Å². The van der Waals surface area contributed by atoms with Crippen LogP contribution in [-0.2, 0) is 19.2 Å². The number of rotatable bonds is 1. The molecule has 6 heteroatoms. The Morgan fingerprint density at radius 3 is 2.68 bits per heavy atom. The number of hydrogen-bond donors (Lipinski definition) is 0. The molecule has 1 saturated carbocycles. The van der Waals surface area contributed by atoms with Crippen molar-refractivity contribution in [3.05, 3.63) is 35.1 Å². The fraction of sp³-hybridized carbons (Fsp3) is 0.680. The molecular formula is C25H32AlFO4. The highest BCUT2D eigenvalue weighted by atomic mass is 27.2. The fourth-order valence-corrected chi connectivity index (χ4v) is 6.81. The smallest absolute Gasteiger partial charge is 0.341 e. The quantitative estimate of drug-likeness (QED) is 0.332. The van der Waals surface area contributed by atoms with E-state index in [2.05, 4.69) is 36.1 Å². The van der Waals surface area contributed by atoms with Crippen molar-refractivity contribution in [1.29, 1.82) is 0 Å². The van der Waals surface area contributed by atoms with E-state index in [0.29, 0.717) is 11.8 Å². The monoisotopic (exact) mass is 442 g/mol. The van der Waals surface area contributed by atoms with Crippen LogP contribution < -0.4 is 0 Å². The molecular weight excluding hydrogens is 410 g/mol. The van der Waals surface area contributed by atoms with Gasteiger partial charge in [-0.05, 0) is 67.7 Å². The average molecular weight is 443 g/mol. The summed E-state index contributed by atoms with van der Waals surface area (Å²) in [4.78, 5) is 15.5. The Labute approximate surface area is 189 Å². The third-order valence-electron chi connectivity index (χ3n) is 7.97. The lowest BCUT2D eigenvalue weighted by Gasteiger charge is -2.60. The first-order valence-electron chi connectivity index (χ1n) is 11.7. The third-order valence-corrected chi connectivity index (χ3v) is 8.70. The third kappa shape index (κ3) is 3.50. The van der Waals surface area contributed by atoms with Crippen LogP contribution in [0.25, 0.3) is 0 Å². The van der Waals surface area contributed by atoms with Crippen molar-refractivity contribution in [1.82, 2.24) is 0 Å². The average Bonchev–Trinajstić information content (AvgIpc) is 2.95. The molecule has 1 aliphatic carbocycles. The van der Waals surface area contributed by atoms with Gasteiger partial charge in [0.2, 0.25) is 5.79 Å². The van der Waals surface area contributed by atoms with Gasteiger partial charge in [0.15, 0.2) is 11.9 Å². The Morgan fingerprint density at radius 1 is 1.10 bits per heavy atom. The van der Waals surface area contributed by atoms with E-state index in [1.54, 1.807) is 12.1 Å². The van der Waals surface area contributed by atoms with E-state index in [-0.39, 0.29) is 23.8 Å². The highest BCUT2D eigenvalue weighted by Gasteiger charge is 2.69. The maximum atomic E-state index is 14.4. The van der Waals surface area contributed by atoms with Crippen LogP contribution in [0, 0.1) is 40.2 Å². The first kappa shape index (κ1) is 21.9. The summed E-state index contributed by atoms with van der Waals surface area (Å²) in [5, 5.41) is 0. The number of fused-ring (bicyclic) bond motifs is 2. The van der Waals surface area contributed by atoms with Crippen LogP contribution in [0.1, 0.15) is 63.7 Å². The van der Waals surface area contributed by atoms with Gasteiger partial charge in [-0.15, -0.1) is 0 Å². The second-order valence-electron chi connectivity index (χ2n) is 10.5. The maximum Gasteiger partial charge on any atom is 0.370 e. The van der Waals surface area contributed by atoms with Crippen molar-refractivity contribution in [3.63, 3.8) is 0 Å². The molecule has 4 saturated heterocycles. The van der Waals surface area contributed by atoms with Crippen LogP contribution in [-0.4, -0.2) is 31.8 Å². The molecule has 31 heavy (non-hydrogen) atoms. The lowest BCUT2D eigenvalue weighted by atomic mass is 9.57. The molecule has 2 bridgehead atoms. The standard InChI is InChI=1S/C23H26FO4.2CH3.Al/c1-5-15-7-8-16(24)12-17(15)20-14(3)19-9-6-13(2)18-10-11-22(4)26-21(25-20)23(18,19)28-27-22;;;/h7-8,12-14,18-21H,6,9-11H2,2-4H3;2*1H3;/t13-,14-,18+,19+,20-,21-,22-,23?;;;/m1.../s1. The van der Waals surface area contributed by atoms with Crippen LogP contribution in [0.4, 0.5) is 4.39 Å². The minimum absolute atomic E-state index is 0.125. The van der Waals surface area contributed by atoms with Gasteiger partial charge in [-0.2, -0.15) is 0 Å². The Bertz CT molecular complexity index is 926. The molecule has 4 aliphatic heterocycles. The maximum absolute atomic E-state index is 14.4. The number of halogens is 1. The molecule has 4 nitrogen and oxygen atoms in total. The molecule has 166 valence electrons. The second kappa shape index (κ2) is 7.84. The van der Waals surface area contributed by atoms with Crippen LogP contribution in [0.5, 0.6) is 0 Å². The van der Waals surface area contributed by atoms with E-state index >= 15 is 0 Å². The normalized spacial score (nSPS) is 43.4. The van der Waals surface area contributed by atoms with Gasteiger partial charge in [0.25, 0.3) is 0 Å². The zero-order valence-electron chi connectivity index (χ0n) is 19.1. The molecule has 0 N–H and O–H groups in total. The lowest BCUT2D eigenvalue weighted by Crippen LogP contribution is -2.69. The SMILES string of the molecule is C[C@H]1[C@H](c2cc(F)ccc2C#[C][Al]([CH3])[CH3])O[C@@H]2O[C@@]3(C)CC[C@H]4[C@H](C)CC[C@@H]1C24OO3. The Kier molecular flexibility index (Phi) is 5.54. The predicted octanol–water partition coefficient (Wildman–Crippen LogP) is 5.39. The van der Waals surface area contributed by atoms with E-state index in [1.165, 1.54) is 6.07 Å². The summed E-state index contributed by atoms with van der Waals surface area (Å²) in [6, 6.07) is 4.88. The number of hydrogen-bond acceptors (Lipinski definition) is 4. The molecule has 6 rings (SSSR count). The number of ether oxygens (including phenoxy) is 2. The summed E-state index contributed by atoms with van der Waals surface area (Å²) in [6.45, 7) is 6.44. The Morgan fingerprint density at radius 2 is 1.90 bits per heavy atom. The van der Waals surface area contributed by atoms with Crippen LogP contribution in [0.2, 0.25) is 11.6 Å². The first-order valence-corrected chi connectivity index (χ1v) is 14.6. The van der Waals surface area contributed by atoms with Crippen molar-refractivity contribution in [2.24, 2.45) is 23.7 Å². The molecule has 8 atom stereocenters. The summed E-state index contributed by atoms with van der Waals surface area (Å²) in [5.74, 6) is 7.80. The zero-order valence-corrected chi connectivity index (χ0v) is 20.3. The van der Waals surface area contributed by atoms with E-state index in [0.717, 1.165) is 36.8 Å². The molecule has 1 aromatic rings. The second-order valence-corrected chi connectivity index (χ2v) is 13.1. The minimum Gasteiger partial charge on any atom is -0.341 e. The van der Waals surface area contributed by atoms with Gasteiger partial charge in [0.1, 0.15) is 5.82 Å². The topological polar surface area (TPSA) is 36.9 Å². The Balaban J connectivity index is 1.59. The summed E-state index contributed by atoms with van der Waals surface area (Å²) in [5.41, 5.74) is 1.08. The summed E-state index contributed by atoms with van der Waals surface area (Å²) in [6.07, 6.45) is 3.13. The van der Waals surface area contributed by atoms with Crippen LogP contribution in [0.15, 0.2) is 18.2 Å². The van der Waals surface area contributed by atoms with Crippen molar-refractivity contribution < 1.29 is 23.6 Å². The van der Waals surface area contributed by atoms with E-state index < -0.39 is 31.8 Å². The number of benzene rings is 1.